The Hall–Kier alpha value is -3.73. The van der Waals surface area contributed by atoms with E-state index in [2.05, 4.69) is 54.0 Å². The number of nitrogens with one attached hydrogen (secondary N) is 3. The number of aliphatic imine (C=N–C) groups is 2. The van der Waals surface area contributed by atoms with Crippen molar-refractivity contribution in [2.45, 2.75) is 13.8 Å². The Kier molecular flexibility index (Phi) is 6.92. The lowest BCUT2D eigenvalue weighted by molar-refractivity contribution is 0.214. The van der Waals surface area contributed by atoms with Crippen molar-refractivity contribution in [1.82, 2.24) is 25.0 Å². The van der Waals surface area contributed by atoms with Gasteiger partial charge in [-0.2, -0.15) is 5.10 Å². The number of hydrogen-bond donors (Lipinski definition) is 3. The highest BCUT2D eigenvalue weighted by Gasteiger charge is 2.18. The van der Waals surface area contributed by atoms with E-state index < -0.39 is 11.6 Å². The Morgan fingerprint density at radius 2 is 1.97 bits per heavy atom. The number of halogens is 2. The number of H-pyrrole nitrogens is 2. The summed E-state index contributed by atoms with van der Waals surface area (Å²) >= 11 is 0. The number of hydrogen-bond acceptors (Lipinski definition) is 6. The van der Waals surface area contributed by atoms with Gasteiger partial charge in [0, 0.05) is 61.2 Å². The second kappa shape index (κ2) is 10.0. The average Bonchev–Trinajstić information content (AvgIpc) is 3.41. The van der Waals surface area contributed by atoms with E-state index in [1.54, 1.807) is 19.1 Å². The molecule has 1 fully saturated rings. The van der Waals surface area contributed by atoms with E-state index in [9.17, 15) is 8.78 Å². The smallest absolute Gasteiger partial charge is 0.181 e. The maximum absolute atomic E-state index is 14.9. The first-order valence-corrected chi connectivity index (χ1v) is 10.9. The minimum atomic E-state index is -0.628. The fourth-order valence-corrected chi connectivity index (χ4v) is 3.74. The van der Waals surface area contributed by atoms with E-state index in [1.165, 1.54) is 0 Å². The van der Waals surface area contributed by atoms with Crippen LogP contribution in [-0.2, 0) is 0 Å². The highest BCUT2D eigenvalue weighted by Crippen LogP contribution is 2.29. The number of likely N-dealkylation sites (N-methyl/N-ethyl adjacent to an activating group) is 1. The Balaban J connectivity index is 1.57. The van der Waals surface area contributed by atoms with Crippen molar-refractivity contribution in [3.63, 3.8) is 0 Å². The first-order chi connectivity index (χ1) is 16.3. The summed E-state index contributed by atoms with van der Waals surface area (Å²) in [4.78, 5) is 15.7. The molecule has 3 heterocycles. The van der Waals surface area contributed by atoms with E-state index >= 15 is 0 Å². The molecule has 0 saturated carbocycles. The molecule has 0 bridgehead atoms. The molecule has 180 valence electrons. The van der Waals surface area contributed by atoms with Gasteiger partial charge in [-0.1, -0.05) is 0 Å². The molecule has 3 aromatic rings. The van der Waals surface area contributed by atoms with Crippen LogP contribution in [0.2, 0.25) is 0 Å². The number of piperazine rings is 1. The summed E-state index contributed by atoms with van der Waals surface area (Å²) in [5, 5.41) is 10.2. The van der Waals surface area contributed by atoms with Gasteiger partial charge in [-0.15, -0.1) is 0 Å². The van der Waals surface area contributed by atoms with Crippen LogP contribution in [0.25, 0.3) is 10.9 Å². The van der Waals surface area contributed by atoms with Gasteiger partial charge in [-0.05, 0) is 33.7 Å². The first-order valence-electron chi connectivity index (χ1n) is 10.9. The molecule has 3 N–H and O–H groups in total. The van der Waals surface area contributed by atoms with Gasteiger partial charge in [0.15, 0.2) is 29.9 Å². The third-order valence-corrected chi connectivity index (χ3v) is 5.57. The lowest BCUT2D eigenvalue weighted by Gasteiger charge is -2.33. The third-order valence-electron chi connectivity index (χ3n) is 5.57. The van der Waals surface area contributed by atoms with Crippen LogP contribution in [0.3, 0.4) is 0 Å². The van der Waals surface area contributed by atoms with Crippen LogP contribution >= 0.6 is 0 Å². The number of amidine groups is 1. The van der Waals surface area contributed by atoms with Gasteiger partial charge in [-0.3, -0.25) is 5.10 Å². The average molecular weight is 471 g/mol. The lowest BCUT2D eigenvalue weighted by atomic mass is 10.2. The van der Waals surface area contributed by atoms with E-state index in [-0.39, 0.29) is 23.4 Å². The number of aromatic amines is 2. The molecule has 0 amide bonds. The Bertz CT molecular complexity index is 1240. The molecule has 0 atom stereocenters. The van der Waals surface area contributed by atoms with Gasteiger partial charge < -0.3 is 24.8 Å². The van der Waals surface area contributed by atoms with Crippen molar-refractivity contribution in [2.75, 3.05) is 45.3 Å². The predicted octanol–water partition coefficient (Wildman–Crippen LogP) is 3.42. The number of rotatable bonds is 7. The van der Waals surface area contributed by atoms with Crippen molar-refractivity contribution in [2.24, 2.45) is 9.98 Å². The highest BCUT2D eigenvalue weighted by molar-refractivity contribution is 5.94. The number of benzene rings is 1. The zero-order valence-corrected chi connectivity index (χ0v) is 19.5. The van der Waals surface area contributed by atoms with E-state index in [4.69, 9.17) is 4.74 Å². The zero-order valence-electron chi connectivity index (χ0n) is 19.5. The second-order valence-electron chi connectivity index (χ2n) is 8.24. The van der Waals surface area contributed by atoms with Crippen LogP contribution < -0.4 is 10.1 Å². The summed E-state index contributed by atoms with van der Waals surface area (Å²) in [5.41, 5.74) is 1.68. The molecule has 2 aromatic heterocycles. The van der Waals surface area contributed by atoms with Gasteiger partial charge >= 0.3 is 0 Å². The van der Waals surface area contributed by atoms with Crippen LogP contribution in [0, 0.1) is 25.5 Å². The second-order valence-corrected chi connectivity index (χ2v) is 8.24. The highest BCUT2D eigenvalue weighted by atomic mass is 19.1. The number of nitrogens with zero attached hydrogens (tertiary/aromatic N) is 5. The van der Waals surface area contributed by atoms with Gasteiger partial charge in [0.1, 0.15) is 11.7 Å². The number of ether oxygens (including phenoxy) is 1. The fourth-order valence-electron chi connectivity index (χ4n) is 3.74. The molecular weight excluding hydrogens is 442 g/mol. The van der Waals surface area contributed by atoms with Crippen molar-refractivity contribution < 1.29 is 13.5 Å². The summed E-state index contributed by atoms with van der Waals surface area (Å²) < 4.78 is 34.8. The maximum Gasteiger partial charge on any atom is 0.181 e. The standard InChI is InChI=1S/C23H28F2N8O/c1-14-9-16-22(25)18(11-17(24)23(16)28-14)34-13-27-21(33-7-5-32(4)6-8-33)12-19(26-3)29-20-10-15(2)30-31-20/h9-12,28H,3,5-8,13H2,1-2,4H3,(H2,29,30,31)/b19-12+,27-21+. The zero-order chi connectivity index (χ0) is 24.2. The molecule has 34 heavy (non-hydrogen) atoms. The number of aryl methyl sites for hydroxylation is 2. The van der Waals surface area contributed by atoms with E-state index in [0.29, 0.717) is 23.2 Å². The van der Waals surface area contributed by atoms with Crippen molar-refractivity contribution in [1.29, 1.82) is 0 Å². The van der Waals surface area contributed by atoms with Crippen LogP contribution in [0.1, 0.15) is 11.4 Å². The van der Waals surface area contributed by atoms with E-state index in [1.807, 2.05) is 13.0 Å². The quantitative estimate of drug-likeness (QED) is 0.363. The van der Waals surface area contributed by atoms with Crippen LogP contribution in [0.4, 0.5) is 14.6 Å². The number of fused-ring (bicyclic) bond motifs is 1. The number of aromatic nitrogens is 3. The largest absolute Gasteiger partial charge is 0.468 e. The Morgan fingerprint density at radius 1 is 1.21 bits per heavy atom. The van der Waals surface area contributed by atoms with Crippen molar-refractivity contribution in [3.8, 4) is 5.75 Å². The molecule has 1 aromatic carbocycles. The van der Waals surface area contributed by atoms with Gasteiger partial charge in [-0.25, -0.2) is 18.8 Å². The minimum absolute atomic E-state index is 0.119. The summed E-state index contributed by atoms with van der Waals surface area (Å²) in [6, 6.07) is 4.42. The monoisotopic (exact) mass is 470 g/mol. The van der Waals surface area contributed by atoms with Gasteiger partial charge in [0.25, 0.3) is 0 Å². The van der Waals surface area contributed by atoms with Crippen LogP contribution in [0.5, 0.6) is 5.75 Å². The first kappa shape index (κ1) is 23.4. The number of anilines is 1. The molecule has 0 radical (unpaired) electrons. The third kappa shape index (κ3) is 5.25. The Labute approximate surface area is 196 Å². The molecule has 0 unspecified atom stereocenters. The summed E-state index contributed by atoms with van der Waals surface area (Å²) in [6.07, 6.45) is 1.74. The topological polar surface area (TPSA) is 96.9 Å². The summed E-state index contributed by atoms with van der Waals surface area (Å²) in [6.45, 7) is 10.3. The van der Waals surface area contributed by atoms with E-state index in [0.717, 1.165) is 37.9 Å². The molecule has 11 heteroatoms. The van der Waals surface area contributed by atoms with Gasteiger partial charge in [0.05, 0.1) is 5.52 Å². The molecule has 0 spiro atoms. The lowest BCUT2D eigenvalue weighted by Crippen LogP contribution is -2.47. The molecular formula is C23H28F2N8O. The maximum atomic E-state index is 14.9. The molecule has 1 aliphatic rings. The predicted molar refractivity (Wildman–Crippen MR) is 130 cm³/mol. The van der Waals surface area contributed by atoms with Crippen molar-refractivity contribution >= 4 is 29.3 Å². The molecule has 4 rings (SSSR count). The van der Waals surface area contributed by atoms with Gasteiger partial charge in [0.2, 0.25) is 0 Å². The normalized spacial score (nSPS) is 15.7. The summed E-state index contributed by atoms with van der Waals surface area (Å²) in [5.74, 6) is 0.232. The summed E-state index contributed by atoms with van der Waals surface area (Å²) in [7, 11) is 2.06. The minimum Gasteiger partial charge on any atom is -0.468 e. The molecule has 1 aliphatic heterocycles. The Morgan fingerprint density at radius 3 is 2.65 bits per heavy atom. The molecule has 0 aliphatic carbocycles. The SMILES string of the molecule is C=N/C(=C\C(=N/COc1cc(F)c2[nH]c(C)cc2c1F)N1CCN(C)CC1)Nc1cc(C)[nH]n1. The van der Waals surface area contributed by atoms with Crippen molar-refractivity contribution in [3.05, 3.63) is 53.1 Å². The fraction of sp³-hybridized carbons (Fsp3) is 0.348. The molecule has 1 saturated heterocycles. The molecule has 9 nitrogen and oxygen atoms in total. The van der Waals surface area contributed by atoms with Crippen LogP contribution in [0.15, 0.2) is 40.1 Å². The van der Waals surface area contributed by atoms with Crippen LogP contribution in [-0.4, -0.2) is 77.5 Å².